The number of aliphatic hydroxyl groups excluding tert-OH is 1. The highest BCUT2D eigenvalue weighted by atomic mass is 35.5. The van der Waals surface area contributed by atoms with Gasteiger partial charge in [0.25, 0.3) is 0 Å². The molecule has 0 bridgehead atoms. The van der Waals surface area contributed by atoms with E-state index in [0.717, 1.165) is 28.4 Å². The summed E-state index contributed by atoms with van der Waals surface area (Å²) in [5.74, 6) is 1.55. The summed E-state index contributed by atoms with van der Waals surface area (Å²) in [5, 5.41) is 10.7. The first kappa shape index (κ1) is 18.9. The standard InChI is InChI=1S/C22H23ClN2O3/c1-16(26)12-24(13-17-8-9-21-22(11-17)28-15-27-21)14-18-5-4-10-25(18)20-7-3-2-6-19(20)23/h2-11,16,26H,12-15H2,1H3. The van der Waals surface area contributed by atoms with E-state index in [-0.39, 0.29) is 6.79 Å². The molecule has 1 N–H and O–H groups in total. The van der Waals surface area contributed by atoms with Crippen LogP contribution in [0.25, 0.3) is 5.69 Å². The van der Waals surface area contributed by atoms with Crippen molar-refractivity contribution in [3.05, 3.63) is 77.1 Å². The molecule has 1 aliphatic rings. The summed E-state index contributed by atoms with van der Waals surface area (Å²) in [6.45, 7) is 4.00. The molecule has 0 aliphatic carbocycles. The van der Waals surface area contributed by atoms with Crippen LogP contribution in [0.5, 0.6) is 11.5 Å². The fourth-order valence-corrected chi connectivity index (χ4v) is 3.74. The van der Waals surface area contributed by atoms with Crippen LogP contribution >= 0.6 is 11.6 Å². The Morgan fingerprint density at radius 3 is 2.71 bits per heavy atom. The molecule has 146 valence electrons. The fourth-order valence-electron chi connectivity index (χ4n) is 3.51. The summed E-state index contributed by atoms with van der Waals surface area (Å²) in [7, 11) is 0. The maximum absolute atomic E-state index is 10.0. The highest BCUT2D eigenvalue weighted by Gasteiger charge is 2.17. The average molecular weight is 399 g/mol. The van der Waals surface area contributed by atoms with Crippen LogP contribution in [0.15, 0.2) is 60.8 Å². The highest BCUT2D eigenvalue weighted by Crippen LogP contribution is 2.33. The molecule has 0 amide bonds. The quantitative estimate of drug-likeness (QED) is 0.646. The van der Waals surface area contributed by atoms with E-state index < -0.39 is 6.10 Å². The third kappa shape index (κ3) is 4.17. The van der Waals surface area contributed by atoms with E-state index in [1.165, 1.54) is 0 Å². The molecule has 6 heteroatoms. The molecule has 0 spiro atoms. The first-order chi connectivity index (χ1) is 13.6. The van der Waals surface area contributed by atoms with Crippen molar-refractivity contribution in [2.24, 2.45) is 0 Å². The number of aromatic nitrogens is 1. The van der Waals surface area contributed by atoms with Gasteiger partial charge in [-0.15, -0.1) is 0 Å². The summed E-state index contributed by atoms with van der Waals surface area (Å²) in [5.41, 5.74) is 3.17. The summed E-state index contributed by atoms with van der Waals surface area (Å²) >= 11 is 6.39. The first-order valence-corrected chi connectivity index (χ1v) is 9.68. The molecule has 3 aromatic rings. The van der Waals surface area contributed by atoms with Gasteiger partial charge >= 0.3 is 0 Å². The zero-order valence-electron chi connectivity index (χ0n) is 15.7. The van der Waals surface area contributed by atoms with E-state index in [9.17, 15) is 5.11 Å². The van der Waals surface area contributed by atoms with Gasteiger partial charge in [0.2, 0.25) is 6.79 Å². The second-order valence-corrected chi connectivity index (χ2v) is 7.43. The number of hydrogen-bond acceptors (Lipinski definition) is 4. The van der Waals surface area contributed by atoms with Gasteiger partial charge in [-0.3, -0.25) is 4.90 Å². The van der Waals surface area contributed by atoms with Gasteiger partial charge in [-0.05, 0) is 48.9 Å². The summed E-state index contributed by atoms with van der Waals surface area (Å²) in [4.78, 5) is 2.21. The van der Waals surface area contributed by atoms with Crippen LogP contribution < -0.4 is 9.47 Å². The van der Waals surface area contributed by atoms with Crippen molar-refractivity contribution in [1.82, 2.24) is 9.47 Å². The van der Waals surface area contributed by atoms with Crippen molar-refractivity contribution < 1.29 is 14.6 Å². The highest BCUT2D eigenvalue weighted by molar-refractivity contribution is 6.32. The Balaban J connectivity index is 1.56. The number of ether oxygens (including phenoxy) is 2. The Labute approximate surface area is 169 Å². The molecular formula is C22H23ClN2O3. The maximum atomic E-state index is 10.0. The van der Waals surface area contributed by atoms with E-state index in [4.69, 9.17) is 21.1 Å². The topological polar surface area (TPSA) is 46.9 Å². The van der Waals surface area contributed by atoms with Gasteiger partial charge in [-0.1, -0.05) is 29.8 Å². The van der Waals surface area contributed by atoms with Gasteiger partial charge < -0.3 is 19.1 Å². The Bertz CT molecular complexity index is 954. The molecule has 1 unspecified atom stereocenters. The largest absolute Gasteiger partial charge is 0.454 e. The van der Waals surface area contributed by atoms with Crippen molar-refractivity contribution in [2.75, 3.05) is 13.3 Å². The van der Waals surface area contributed by atoms with Crippen LogP contribution in [0.4, 0.5) is 0 Å². The number of para-hydroxylation sites is 1. The Morgan fingerprint density at radius 1 is 1.07 bits per heavy atom. The van der Waals surface area contributed by atoms with Crippen LogP contribution in [0, 0.1) is 0 Å². The Morgan fingerprint density at radius 2 is 1.89 bits per heavy atom. The normalized spacial score (nSPS) is 13.9. The molecule has 0 fully saturated rings. The molecule has 0 saturated heterocycles. The van der Waals surface area contributed by atoms with Crippen LogP contribution in [-0.2, 0) is 13.1 Å². The van der Waals surface area contributed by atoms with E-state index in [1.807, 2.05) is 54.7 Å². The summed E-state index contributed by atoms with van der Waals surface area (Å²) in [6.07, 6.45) is 1.58. The Hall–Kier alpha value is -2.47. The number of fused-ring (bicyclic) bond motifs is 1. The predicted molar refractivity (Wildman–Crippen MR) is 109 cm³/mol. The van der Waals surface area contributed by atoms with Crippen LogP contribution in [0.1, 0.15) is 18.2 Å². The number of rotatable bonds is 7. The van der Waals surface area contributed by atoms with Crippen LogP contribution in [-0.4, -0.2) is 34.0 Å². The lowest BCUT2D eigenvalue weighted by atomic mass is 10.1. The number of aliphatic hydroxyl groups is 1. The van der Waals surface area contributed by atoms with Crippen LogP contribution in [0.2, 0.25) is 5.02 Å². The number of halogens is 1. The van der Waals surface area contributed by atoms with E-state index in [1.54, 1.807) is 6.92 Å². The van der Waals surface area contributed by atoms with Gasteiger partial charge in [0.05, 0.1) is 16.8 Å². The number of hydrogen-bond donors (Lipinski definition) is 1. The van der Waals surface area contributed by atoms with Crippen LogP contribution in [0.3, 0.4) is 0 Å². The van der Waals surface area contributed by atoms with Gasteiger partial charge in [0, 0.05) is 31.5 Å². The molecule has 1 aromatic heterocycles. The SMILES string of the molecule is CC(O)CN(Cc1ccc2c(c1)OCO2)Cc1cccn1-c1ccccc1Cl. The molecule has 2 heterocycles. The van der Waals surface area contributed by atoms with Crippen molar-refractivity contribution in [1.29, 1.82) is 0 Å². The van der Waals surface area contributed by atoms with Gasteiger partial charge in [-0.2, -0.15) is 0 Å². The van der Waals surface area contributed by atoms with Crippen molar-refractivity contribution in [3.8, 4) is 17.2 Å². The van der Waals surface area contributed by atoms with Crippen molar-refractivity contribution in [2.45, 2.75) is 26.1 Å². The smallest absolute Gasteiger partial charge is 0.231 e. The number of benzene rings is 2. The van der Waals surface area contributed by atoms with Gasteiger partial charge in [0.1, 0.15) is 0 Å². The molecule has 5 nitrogen and oxygen atoms in total. The zero-order valence-corrected chi connectivity index (χ0v) is 16.5. The second kappa shape index (κ2) is 8.27. The summed E-state index contributed by atoms with van der Waals surface area (Å²) < 4.78 is 13.0. The molecule has 0 radical (unpaired) electrons. The molecule has 1 aliphatic heterocycles. The third-order valence-corrected chi connectivity index (χ3v) is 5.02. The molecule has 2 aromatic carbocycles. The lowest BCUT2D eigenvalue weighted by Gasteiger charge is -2.25. The van der Waals surface area contributed by atoms with Gasteiger partial charge in [0.15, 0.2) is 11.5 Å². The summed E-state index contributed by atoms with van der Waals surface area (Å²) in [6, 6.07) is 17.9. The lowest BCUT2D eigenvalue weighted by Crippen LogP contribution is -2.31. The molecule has 0 saturated carbocycles. The second-order valence-electron chi connectivity index (χ2n) is 7.03. The fraction of sp³-hybridized carbons (Fsp3) is 0.273. The minimum absolute atomic E-state index is 0.265. The molecular weight excluding hydrogens is 376 g/mol. The van der Waals surface area contributed by atoms with Crippen molar-refractivity contribution in [3.63, 3.8) is 0 Å². The molecule has 1 atom stereocenters. The van der Waals surface area contributed by atoms with Crippen molar-refractivity contribution >= 4 is 11.6 Å². The molecule has 28 heavy (non-hydrogen) atoms. The Kier molecular flexibility index (Phi) is 5.57. The first-order valence-electron chi connectivity index (χ1n) is 9.30. The monoisotopic (exact) mass is 398 g/mol. The lowest BCUT2D eigenvalue weighted by molar-refractivity contribution is 0.117. The maximum Gasteiger partial charge on any atom is 0.231 e. The van der Waals surface area contributed by atoms with E-state index in [0.29, 0.717) is 24.7 Å². The van der Waals surface area contributed by atoms with E-state index in [2.05, 4.69) is 15.5 Å². The predicted octanol–water partition coefficient (Wildman–Crippen LogP) is 4.24. The van der Waals surface area contributed by atoms with E-state index >= 15 is 0 Å². The molecule has 4 rings (SSSR count). The minimum atomic E-state index is -0.433. The third-order valence-electron chi connectivity index (χ3n) is 4.70. The average Bonchev–Trinajstić information content (AvgIpc) is 3.30. The zero-order chi connectivity index (χ0) is 19.5. The minimum Gasteiger partial charge on any atom is -0.454 e. The number of nitrogens with zero attached hydrogens (tertiary/aromatic N) is 2. The van der Waals surface area contributed by atoms with Gasteiger partial charge in [-0.25, -0.2) is 0 Å².